The number of nitrogens with zero attached hydrogens (tertiary/aromatic N) is 1. The molecule has 1 aliphatic rings. The van der Waals surface area contributed by atoms with E-state index in [2.05, 4.69) is 31.2 Å². The lowest BCUT2D eigenvalue weighted by Gasteiger charge is -2.15. The first-order valence-corrected chi connectivity index (χ1v) is 6.93. The minimum absolute atomic E-state index is 0.0758. The quantitative estimate of drug-likeness (QED) is 0.868. The summed E-state index contributed by atoms with van der Waals surface area (Å²) in [4.78, 5) is 14.2. The van der Waals surface area contributed by atoms with Crippen LogP contribution in [0.5, 0.6) is 0 Å². The molecule has 0 unspecified atom stereocenters. The standard InChI is InChI=1S/C17H18N2O/c1-2-12-3-5-13(6-4-12)10-19-11-14-7-8-15(18)9-16(14)17(19)20/h3-9H,2,10-11,18H2,1H3. The van der Waals surface area contributed by atoms with Crippen molar-refractivity contribution in [2.45, 2.75) is 26.4 Å². The normalized spacial score (nSPS) is 13.7. The van der Waals surface area contributed by atoms with E-state index < -0.39 is 0 Å². The van der Waals surface area contributed by atoms with Gasteiger partial charge in [-0.3, -0.25) is 4.79 Å². The molecule has 1 heterocycles. The second-order valence-corrected chi connectivity index (χ2v) is 5.25. The molecule has 102 valence electrons. The van der Waals surface area contributed by atoms with Gasteiger partial charge in [-0.05, 0) is 35.2 Å². The smallest absolute Gasteiger partial charge is 0.254 e. The Kier molecular flexibility index (Phi) is 3.18. The number of nitrogen functional groups attached to an aromatic ring is 1. The monoisotopic (exact) mass is 266 g/mol. The molecule has 0 atom stereocenters. The van der Waals surface area contributed by atoms with E-state index in [9.17, 15) is 4.79 Å². The van der Waals surface area contributed by atoms with Gasteiger partial charge in [0.1, 0.15) is 0 Å². The first-order valence-electron chi connectivity index (χ1n) is 6.93. The number of fused-ring (bicyclic) bond motifs is 1. The molecular weight excluding hydrogens is 248 g/mol. The van der Waals surface area contributed by atoms with Crippen molar-refractivity contribution in [1.29, 1.82) is 0 Å². The van der Waals surface area contributed by atoms with E-state index in [0.29, 0.717) is 18.8 Å². The highest BCUT2D eigenvalue weighted by Crippen LogP contribution is 2.26. The maximum atomic E-state index is 12.3. The van der Waals surface area contributed by atoms with E-state index in [1.165, 1.54) is 5.56 Å². The molecule has 3 nitrogen and oxygen atoms in total. The first-order chi connectivity index (χ1) is 9.67. The molecule has 20 heavy (non-hydrogen) atoms. The minimum Gasteiger partial charge on any atom is -0.399 e. The van der Waals surface area contributed by atoms with Gasteiger partial charge in [0.25, 0.3) is 5.91 Å². The Hall–Kier alpha value is -2.29. The Labute approximate surface area is 119 Å². The molecule has 0 saturated heterocycles. The number of hydrogen-bond donors (Lipinski definition) is 1. The second-order valence-electron chi connectivity index (χ2n) is 5.25. The fraction of sp³-hybridized carbons (Fsp3) is 0.235. The van der Waals surface area contributed by atoms with Crippen LogP contribution in [0.15, 0.2) is 42.5 Å². The topological polar surface area (TPSA) is 46.3 Å². The third-order valence-electron chi connectivity index (χ3n) is 3.82. The van der Waals surface area contributed by atoms with Crippen LogP contribution in [-0.4, -0.2) is 10.8 Å². The van der Waals surface area contributed by atoms with E-state index in [-0.39, 0.29) is 5.91 Å². The number of anilines is 1. The number of carbonyl (C=O) groups is 1. The Balaban J connectivity index is 1.78. The Morgan fingerprint density at radius 2 is 1.80 bits per heavy atom. The molecule has 0 fully saturated rings. The molecular formula is C17H18N2O. The minimum atomic E-state index is 0.0758. The summed E-state index contributed by atoms with van der Waals surface area (Å²) in [5.41, 5.74) is 10.7. The van der Waals surface area contributed by atoms with Crippen LogP contribution in [0.1, 0.15) is 34.0 Å². The van der Waals surface area contributed by atoms with Gasteiger partial charge in [-0.1, -0.05) is 37.3 Å². The molecule has 0 saturated carbocycles. The van der Waals surface area contributed by atoms with Crippen LogP contribution in [0, 0.1) is 0 Å². The van der Waals surface area contributed by atoms with Crippen molar-refractivity contribution in [2.24, 2.45) is 0 Å². The SMILES string of the molecule is CCc1ccc(CN2Cc3ccc(N)cc3C2=O)cc1. The fourth-order valence-corrected chi connectivity index (χ4v) is 2.61. The van der Waals surface area contributed by atoms with Gasteiger partial charge in [-0.25, -0.2) is 0 Å². The summed E-state index contributed by atoms with van der Waals surface area (Å²) < 4.78 is 0. The third kappa shape index (κ3) is 2.27. The largest absolute Gasteiger partial charge is 0.399 e. The van der Waals surface area contributed by atoms with E-state index in [1.54, 1.807) is 6.07 Å². The highest BCUT2D eigenvalue weighted by atomic mass is 16.2. The first kappa shape index (κ1) is 12.7. The lowest BCUT2D eigenvalue weighted by Crippen LogP contribution is -2.23. The number of aryl methyl sites for hydroxylation is 1. The van der Waals surface area contributed by atoms with Crippen LogP contribution in [0.3, 0.4) is 0 Å². The van der Waals surface area contributed by atoms with Crippen LogP contribution in [0.4, 0.5) is 5.69 Å². The molecule has 1 aliphatic heterocycles. The van der Waals surface area contributed by atoms with Gasteiger partial charge >= 0.3 is 0 Å². The van der Waals surface area contributed by atoms with Crippen molar-refractivity contribution >= 4 is 11.6 Å². The molecule has 0 bridgehead atoms. The predicted octanol–water partition coefficient (Wildman–Crippen LogP) is 2.99. The van der Waals surface area contributed by atoms with Crippen molar-refractivity contribution < 1.29 is 4.79 Å². The van der Waals surface area contributed by atoms with E-state index >= 15 is 0 Å². The summed E-state index contributed by atoms with van der Waals surface area (Å²) in [6.45, 7) is 3.46. The number of nitrogens with two attached hydrogens (primary N) is 1. The second kappa shape index (κ2) is 5.00. The molecule has 0 radical (unpaired) electrons. The van der Waals surface area contributed by atoms with Gasteiger partial charge in [-0.2, -0.15) is 0 Å². The number of rotatable bonds is 3. The maximum Gasteiger partial charge on any atom is 0.254 e. The Morgan fingerprint density at radius 1 is 1.10 bits per heavy atom. The van der Waals surface area contributed by atoms with Crippen molar-refractivity contribution in [3.05, 3.63) is 64.7 Å². The molecule has 0 aliphatic carbocycles. The zero-order valence-corrected chi connectivity index (χ0v) is 11.6. The number of benzene rings is 2. The van der Waals surface area contributed by atoms with E-state index in [4.69, 9.17) is 5.73 Å². The lowest BCUT2D eigenvalue weighted by molar-refractivity contribution is 0.0766. The molecule has 0 aromatic heterocycles. The van der Waals surface area contributed by atoms with Gasteiger partial charge in [0, 0.05) is 24.3 Å². The third-order valence-corrected chi connectivity index (χ3v) is 3.82. The zero-order valence-electron chi connectivity index (χ0n) is 11.6. The van der Waals surface area contributed by atoms with Gasteiger partial charge in [0.2, 0.25) is 0 Å². The van der Waals surface area contributed by atoms with E-state index in [0.717, 1.165) is 23.1 Å². The lowest BCUT2D eigenvalue weighted by atomic mass is 10.1. The van der Waals surface area contributed by atoms with Crippen molar-refractivity contribution in [2.75, 3.05) is 5.73 Å². The van der Waals surface area contributed by atoms with Crippen LogP contribution < -0.4 is 5.73 Å². The van der Waals surface area contributed by atoms with Crippen LogP contribution >= 0.6 is 0 Å². The predicted molar refractivity (Wildman–Crippen MR) is 80.3 cm³/mol. The molecule has 2 aromatic carbocycles. The van der Waals surface area contributed by atoms with Gasteiger partial charge in [0.05, 0.1) is 0 Å². The van der Waals surface area contributed by atoms with Crippen molar-refractivity contribution in [3.8, 4) is 0 Å². The molecule has 3 rings (SSSR count). The number of carbonyl (C=O) groups excluding carboxylic acids is 1. The maximum absolute atomic E-state index is 12.3. The summed E-state index contributed by atoms with van der Waals surface area (Å²) in [5.74, 6) is 0.0758. The number of hydrogen-bond acceptors (Lipinski definition) is 2. The summed E-state index contributed by atoms with van der Waals surface area (Å²) in [6.07, 6.45) is 1.04. The van der Waals surface area contributed by atoms with Gasteiger partial charge in [-0.15, -0.1) is 0 Å². The molecule has 3 heteroatoms. The summed E-state index contributed by atoms with van der Waals surface area (Å²) in [6, 6.07) is 14.0. The summed E-state index contributed by atoms with van der Waals surface area (Å²) >= 11 is 0. The van der Waals surface area contributed by atoms with Crippen molar-refractivity contribution in [1.82, 2.24) is 4.90 Å². The average molecular weight is 266 g/mol. The van der Waals surface area contributed by atoms with Crippen LogP contribution in [0.2, 0.25) is 0 Å². The number of amides is 1. The Morgan fingerprint density at radius 3 is 2.50 bits per heavy atom. The summed E-state index contributed by atoms with van der Waals surface area (Å²) in [7, 11) is 0. The Bertz CT molecular complexity index is 647. The highest BCUT2D eigenvalue weighted by molar-refractivity contribution is 5.99. The fourth-order valence-electron chi connectivity index (χ4n) is 2.61. The zero-order chi connectivity index (χ0) is 14.1. The van der Waals surface area contributed by atoms with Crippen LogP contribution in [0.25, 0.3) is 0 Å². The average Bonchev–Trinajstić information content (AvgIpc) is 2.76. The van der Waals surface area contributed by atoms with Crippen LogP contribution in [-0.2, 0) is 19.5 Å². The van der Waals surface area contributed by atoms with Crippen molar-refractivity contribution in [3.63, 3.8) is 0 Å². The van der Waals surface area contributed by atoms with Gasteiger partial charge < -0.3 is 10.6 Å². The molecule has 2 aromatic rings. The summed E-state index contributed by atoms with van der Waals surface area (Å²) in [5, 5.41) is 0. The highest BCUT2D eigenvalue weighted by Gasteiger charge is 2.27. The molecule has 0 spiro atoms. The molecule has 1 amide bonds. The van der Waals surface area contributed by atoms with E-state index in [1.807, 2.05) is 17.0 Å². The van der Waals surface area contributed by atoms with Gasteiger partial charge in [0.15, 0.2) is 0 Å². The molecule has 2 N–H and O–H groups in total.